The molecule has 0 atom stereocenters. The van der Waals surface area contributed by atoms with Crippen molar-refractivity contribution in [1.29, 1.82) is 0 Å². The summed E-state index contributed by atoms with van der Waals surface area (Å²) >= 11 is 0. The number of piperidine rings is 1. The smallest absolute Gasteiger partial charge is 0.306 e. The third-order valence-corrected chi connectivity index (χ3v) is 6.01. The van der Waals surface area contributed by atoms with Crippen LogP contribution >= 0.6 is 0 Å². The number of aliphatic carboxylic acids is 1. The van der Waals surface area contributed by atoms with Gasteiger partial charge < -0.3 is 10.2 Å². The first-order valence-corrected chi connectivity index (χ1v) is 9.20. The first-order chi connectivity index (χ1) is 10.6. The Bertz CT molecular complexity index is 670. The van der Waals surface area contributed by atoms with Crippen LogP contribution < -0.4 is 0 Å². The minimum atomic E-state index is -3.47. The second-order valence-electron chi connectivity index (χ2n) is 6.45. The maximum atomic E-state index is 12.5. The number of carboxylic acid groups (broad SMARTS) is 1. The van der Waals surface area contributed by atoms with Gasteiger partial charge in [0, 0.05) is 13.1 Å². The predicted octanol–water partition coefficient (Wildman–Crippen LogP) is 1.43. The summed E-state index contributed by atoms with van der Waals surface area (Å²) in [4.78, 5) is 10.8. The van der Waals surface area contributed by atoms with Crippen molar-refractivity contribution in [3.05, 3.63) is 34.9 Å². The molecule has 1 saturated heterocycles. The number of rotatable bonds is 5. The molecule has 0 spiro atoms. The maximum absolute atomic E-state index is 12.5. The molecule has 1 aliphatic rings. The Morgan fingerprint density at radius 1 is 1.17 bits per heavy atom. The van der Waals surface area contributed by atoms with Crippen LogP contribution in [0.1, 0.15) is 36.0 Å². The topological polar surface area (TPSA) is 94.9 Å². The quantitative estimate of drug-likeness (QED) is 0.845. The number of hydrogen-bond acceptors (Lipinski definition) is 4. The van der Waals surface area contributed by atoms with E-state index in [0.29, 0.717) is 0 Å². The summed E-state index contributed by atoms with van der Waals surface area (Å²) in [5.74, 6) is -1.15. The summed E-state index contributed by atoms with van der Waals surface area (Å²) in [7, 11) is -3.47. The zero-order valence-corrected chi connectivity index (χ0v) is 14.3. The van der Waals surface area contributed by atoms with Gasteiger partial charge in [-0.2, -0.15) is 0 Å². The molecule has 23 heavy (non-hydrogen) atoms. The third kappa shape index (κ3) is 4.76. The highest BCUT2D eigenvalue weighted by Crippen LogP contribution is 2.28. The van der Waals surface area contributed by atoms with Crippen LogP contribution in [-0.2, 0) is 20.6 Å². The molecule has 0 aromatic heterocycles. The Labute approximate surface area is 136 Å². The van der Waals surface area contributed by atoms with Gasteiger partial charge in [-0.05, 0) is 32.3 Å². The second-order valence-corrected chi connectivity index (χ2v) is 8.41. The fraction of sp³-hybridized carbons (Fsp3) is 0.562. The van der Waals surface area contributed by atoms with E-state index in [-0.39, 0.29) is 38.1 Å². The van der Waals surface area contributed by atoms with Gasteiger partial charge in [-0.1, -0.05) is 29.3 Å². The number of benzene rings is 1. The summed E-state index contributed by atoms with van der Waals surface area (Å²) < 4.78 is 26.4. The van der Waals surface area contributed by atoms with Crippen LogP contribution in [0.4, 0.5) is 0 Å². The van der Waals surface area contributed by atoms with Crippen molar-refractivity contribution in [2.24, 2.45) is 0 Å². The lowest BCUT2D eigenvalue weighted by molar-refractivity contribution is -0.144. The largest absolute Gasteiger partial charge is 0.481 e. The van der Waals surface area contributed by atoms with Crippen molar-refractivity contribution >= 4 is 16.0 Å². The van der Waals surface area contributed by atoms with Crippen LogP contribution in [0.25, 0.3) is 0 Å². The number of hydrogen-bond donors (Lipinski definition) is 2. The van der Waals surface area contributed by atoms with Crippen LogP contribution in [0, 0.1) is 13.8 Å². The van der Waals surface area contributed by atoms with Crippen molar-refractivity contribution in [2.75, 3.05) is 13.1 Å². The molecular formula is C16H23NO5S. The average molecular weight is 341 g/mol. The molecule has 0 bridgehead atoms. The highest BCUT2D eigenvalue weighted by molar-refractivity contribution is 7.88. The van der Waals surface area contributed by atoms with Gasteiger partial charge in [0.15, 0.2) is 0 Å². The number of sulfonamides is 1. The van der Waals surface area contributed by atoms with Crippen LogP contribution in [0.2, 0.25) is 0 Å². The van der Waals surface area contributed by atoms with Crippen molar-refractivity contribution < 1.29 is 23.4 Å². The van der Waals surface area contributed by atoms with Gasteiger partial charge in [-0.3, -0.25) is 4.79 Å². The highest BCUT2D eigenvalue weighted by Gasteiger charge is 2.37. The molecule has 0 aliphatic carbocycles. The Hall–Kier alpha value is -1.44. The van der Waals surface area contributed by atoms with Crippen molar-refractivity contribution in [3.63, 3.8) is 0 Å². The van der Waals surface area contributed by atoms with Crippen LogP contribution in [0.3, 0.4) is 0 Å². The van der Waals surface area contributed by atoms with Gasteiger partial charge in [-0.25, -0.2) is 12.7 Å². The molecule has 2 N–H and O–H groups in total. The highest BCUT2D eigenvalue weighted by atomic mass is 32.2. The van der Waals surface area contributed by atoms with Crippen LogP contribution in [0.15, 0.2) is 18.2 Å². The van der Waals surface area contributed by atoms with Gasteiger partial charge >= 0.3 is 5.97 Å². The van der Waals surface area contributed by atoms with Crippen molar-refractivity contribution in [2.45, 2.75) is 44.5 Å². The molecule has 2 rings (SSSR count). The molecule has 0 unspecified atom stereocenters. The molecule has 1 aromatic carbocycles. The van der Waals surface area contributed by atoms with Crippen LogP contribution in [-0.4, -0.2) is 47.6 Å². The Morgan fingerprint density at radius 3 is 2.17 bits per heavy atom. The lowest BCUT2D eigenvalue weighted by atomic mass is 9.89. The fourth-order valence-corrected chi connectivity index (χ4v) is 4.60. The number of aryl methyl sites for hydroxylation is 2. The van der Waals surface area contributed by atoms with E-state index in [1.54, 1.807) is 0 Å². The normalized spacial score (nSPS) is 18.7. The molecule has 1 heterocycles. The van der Waals surface area contributed by atoms with E-state index in [0.717, 1.165) is 16.7 Å². The minimum Gasteiger partial charge on any atom is -0.481 e. The zero-order valence-electron chi connectivity index (χ0n) is 13.4. The van der Waals surface area contributed by atoms with Gasteiger partial charge in [0.2, 0.25) is 10.0 Å². The Morgan fingerprint density at radius 2 is 1.70 bits per heavy atom. The molecular weight excluding hydrogens is 318 g/mol. The van der Waals surface area contributed by atoms with E-state index >= 15 is 0 Å². The molecule has 0 saturated carbocycles. The SMILES string of the molecule is Cc1cc(C)cc(CS(=O)(=O)N2CCC(O)(CC(=O)O)CC2)c1. The van der Waals surface area contributed by atoms with E-state index in [2.05, 4.69) is 0 Å². The summed E-state index contributed by atoms with van der Waals surface area (Å²) in [6.45, 7) is 4.15. The first-order valence-electron chi connectivity index (χ1n) is 7.59. The van der Waals surface area contributed by atoms with Crippen molar-refractivity contribution in [3.8, 4) is 0 Å². The minimum absolute atomic E-state index is 0.0765. The summed E-state index contributed by atoms with van der Waals surface area (Å²) in [6.07, 6.45) is -0.0608. The third-order valence-electron chi connectivity index (χ3n) is 4.16. The predicted molar refractivity (Wildman–Crippen MR) is 86.5 cm³/mol. The molecule has 1 fully saturated rings. The van der Waals surface area contributed by atoms with Crippen molar-refractivity contribution in [1.82, 2.24) is 4.31 Å². The van der Waals surface area contributed by atoms with E-state index in [4.69, 9.17) is 5.11 Å². The lowest BCUT2D eigenvalue weighted by Crippen LogP contribution is -2.47. The summed E-state index contributed by atoms with van der Waals surface area (Å²) in [6, 6.07) is 5.70. The maximum Gasteiger partial charge on any atom is 0.306 e. The standard InChI is InChI=1S/C16H23NO5S/c1-12-7-13(2)9-14(8-12)11-23(21,22)17-5-3-16(20,4-6-17)10-15(18)19/h7-9,20H,3-6,10-11H2,1-2H3,(H,18,19). The summed E-state index contributed by atoms with van der Waals surface area (Å²) in [5, 5.41) is 19.0. The first kappa shape index (κ1) is 17.9. The molecule has 0 radical (unpaired) electrons. The average Bonchev–Trinajstić information content (AvgIpc) is 2.35. The van der Waals surface area contributed by atoms with Gasteiger partial charge in [-0.15, -0.1) is 0 Å². The van der Waals surface area contributed by atoms with E-state index in [1.807, 2.05) is 32.0 Å². The Kier molecular flexibility index (Phi) is 5.13. The molecule has 7 heteroatoms. The zero-order chi connectivity index (χ0) is 17.3. The van der Waals surface area contributed by atoms with Gasteiger partial charge in [0.25, 0.3) is 0 Å². The molecule has 1 aromatic rings. The summed E-state index contributed by atoms with van der Waals surface area (Å²) in [5.41, 5.74) is 1.47. The van der Waals surface area contributed by atoms with E-state index in [9.17, 15) is 18.3 Å². The number of carboxylic acids is 1. The number of carbonyl (C=O) groups is 1. The molecule has 128 valence electrons. The Balaban J connectivity index is 2.05. The molecule has 1 aliphatic heterocycles. The second kappa shape index (κ2) is 6.59. The fourth-order valence-electron chi connectivity index (χ4n) is 3.09. The molecule has 0 amide bonds. The molecule has 6 nitrogen and oxygen atoms in total. The number of aliphatic hydroxyl groups is 1. The number of nitrogens with zero attached hydrogens (tertiary/aromatic N) is 1. The van der Waals surface area contributed by atoms with Gasteiger partial charge in [0.05, 0.1) is 17.8 Å². The van der Waals surface area contributed by atoms with Crippen LogP contribution in [0.5, 0.6) is 0 Å². The monoisotopic (exact) mass is 341 g/mol. The van der Waals surface area contributed by atoms with Gasteiger partial charge in [0.1, 0.15) is 0 Å². The lowest BCUT2D eigenvalue weighted by Gasteiger charge is -2.36. The van der Waals surface area contributed by atoms with E-state index < -0.39 is 21.6 Å². The van der Waals surface area contributed by atoms with E-state index in [1.165, 1.54) is 4.31 Å².